The number of hydrogen-bond donors (Lipinski definition) is 2. The molecule has 4 aromatic rings. The average molecular weight is 497 g/mol. The largest absolute Gasteiger partial charge is 0.475 e. The molecule has 34 heavy (non-hydrogen) atoms. The molecule has 4 heterocycles. The summed E-state index contributed by atoms with van der Waals surface area (Å²) in [6.07, 6.45) is 4.57. The summed E-state index contributed by atoms with van der Waals surface area (Å²) in [5.41, 5.74) is 1.95. The first-order valence-electron chi connectivity index (χ1n) is 10.3. The van der Waals surface area contributed by atoms with Crippen molar-refractivity contribution in [1.29, 1.82) is 0 Å². The van der Waals surface area contributed by atoms with Crippen molar-refractivity contribution < 1.29 is 18.3 Å². The van der Waals surface area contributed by atoms with Gasteiger partial charge in [-0.05, 0) is 24.3 Å². The first kappa shape index (κ1) is 22.2. The van der Waals surface area contributed by atoms with Crippen molar-refractivity contribution in [2.45, 2.75) is 16.8 Å². The van der Waals surface area contributed by atoms with Crippen LogP contribution in [-0.2, 0) is 16.6 Å². The van der Waals surface area contributed by atoms with Crippen LogP contribution in [0.2, 0.25) is 0 Å². The lowest BCUT2D eigenvalue weighted by Gasteiger charge is -2.19. The van der Waals surface area contributed by atoms with Crippen LogP contribution in [0.15, 0.2) is 71.1 Å². The number of imidazole rings is 1. The molecule has 1 aliphatic heterocycles. The van der Waals surface area contributed by atoms with Crippen LogP contribution < -0.4 is 4.31 Å². The Morgan fingerprint density at radius 3 is 2.85 bits per heavy atom. The van der Waals surface area contributed by atoms with E-state index >= 15 is 0 Å². The fourth-order valence-electron chi connectivity index (χ4n) is 3.82. The number of anilines is 1. The van der Waals surface area contributed by atoms with Crippen LogP contribution in [0.4, 0.5) is 5.69 Å². The molecule has 0 fully saturated rings. The average Bonchev–Trinajstić information content (AvgIpc) is 3.58. The number of aromatic carboxylic acids is 1. The molecule has 0 saturated carbocycles. The van der Waals surface area contributed by atoms with Crippen LogP contribution >= 0.6 is 11.8 Å². The molecular formula is C22H20N6O4S2. The summed E-state index contributed by atoms with van der Waals surface area (Å²) in [5, 5.41) is 10.9. The van der Waals surface area contributed by atoms with E-state index in [-0.39, 0.29) is 16.1 Å². The minimum atomic E-state index is -3.83. The zero-order valence-corrected chi connectivity index (χ0v) is 19.6. The van der Waals surface area contributed by atoms with Crippen LogP contribution in [0.25, 0.3) is 10.9 Å². The Labute approximate surface area is 199 Å². The Balaban J connectivity index is 1.40. The van der Waals surface area contributed by atoms with Crippen molar-refractivity contribution in [3.63, 3.8) is 0 Å². The second kappa shape index (κ2) is 8.61. The maximum atomic E-state index is 13.1. The van der Waals surface area contributed by atoms with Gasteiger partial charge < -0.3 is 14.7 Å². The van der Waals surface area contributed by atoms with Gasteiger partial charge >= 0.3 is 5.97 Å². The fraction of sp³-hybridized carbons (Fsp3) is 0.182. The van der Waals surface area contributed by atoms with Crippen LogP contribution in [-0.4, -0.2) is 62.9 Å². The standard InChI is InChI=1S/C22H20N6O4S2/c1-27(34(31,32)18-7-2-3-8-23-18)17-6-4-5-14-11-16(26-19(14)17)21-25-12-15(33-21)13-28-10-9-24-20(28)22(29)30/h2-11,15,26H,12-13H2,1H3,(H,29,30). The second-order valence-corrected chi connectivity index (χ2v) is 10.9. The van der Waals surface area contributed by atoms with Crippen LogP contribution in [0.1, 0.15) is 16.3 Å². The molecule has 0 spiro atoms. The molecule has 5 rings (SSSR count). The molecule has 1 aromatic carbocycles. The summed E-state index contributed by atoms with van der Waals surface area (Å²) in [4.78, 5) is 27.2. The summed E-state index contributed by atoms with van der Waals surface area (Å²) >= 11 is 1.55. The molecule has 10 nitrogen and oxygen atoms in total. The fourth-order valence-corrected chi connectivity index (χ4v) is 6.04. The van der Waals surface area contributed by atoms with E-state index in [0.717, 1.165) is 16.1 Å². The molecular weight excluding hydrogens is 476 g/mol. The summed E-state index contributed by atoms with van der Waals surface area (Å²) in [6, 6.07) is 12.2. The van der Waals surface area contributed by atoms with Crippen molar-refractivity contribution in [1.82, 2.24) is 19.5 Å². The number of nitrogens with zero attached hydrogens (tertiary/aromatic N) is 5. The third-order valence-corrected chi connectivity index (χ3v) is 8.38. The smallest absolute Gasteiger partial charge is 0.372 e. The van der Waals surface area contributed by atoms with Crippen LogP contribution in [0.3, 0.4) is 0 Å². The summed E-state index contributed by atoms with van der Waals surface area (Å²) < 4.78 is 29.0. The number of carboxylic acid groups (broad SMARTS) is 1. The van der Waals surface area contributed by atoms with Crippen molar-refractivity contribution >= 4 is 49.4 Å². The SMILES string of the molecule is CN(c1cccc2cc(C3=NCC(Cn4ccnc4C(=O)O)S3)[nH]c12)S(=O)(=O)c1ccccn1. The number of nitrogens with one attached hydrogen (secondary N) is 1. The Kier molecular flexibility index (Phi) is 5.62. The summed E-state index contributed by atoms with van der Waals surface area (Å²) in [6.45, 7) is 1.00. The number of thioether (sulfide) groups is 1. The molecule has 1 aliphatic rings. The number of aromatic amines is 1. The van der Waals surface area contributed by atoms with Crippen LogP contribution in [0.5, 0.6) is 0 Å². The van der Waals surface area contributed by atoms with Gasteiger partial charge in [0, 0.05) is 42.8 Å². The first-order valence-corrected chi connectivity index (χ1v) is 12.6. The molecule has 1 unspecified atom stereocenters. The van der Waals surface area contributed by atoms with E-state index in [4.69, 9.17) is 0 Å². The van der Waals surface area contributed by atoms with E-state index in [9.17, 15) is 18.3 Å². The van der Waals surface area contributed by atoms with Gasteiger partial charge in [0.1, 0.15) is 5.04 Å². The number of H-pyrrole nitrogens is 1. The zero-order valence-electron chi connectivity index (χ0n) is 18.0. The lowest BCUT2D eigenvalue weighted by atomic mass is 10.2. The number of aromatic nitrogens is 4. The first-order chi connectivity index (χ1) is 16.3. The molecule has 0 aliphatic carbocycles. The third-order valence-electron chi connectivity index (χ3n) is 5.49. The normalized spacial score (nSPS) is 16.0. The van der Waals surface area contributed by atoms with Crippen molar-refractivity contribution in [3.05, 3.63) is 72.6 Å². The molecule has 0 saturated heterocycles. The van der Waals surface area contributed by atoms with E-state index in [1.165, 1.54) is 29.8 Å². The Morgan fingerprint density at radius 1 is 1.24 bits per heavy atom. The molecule has 1 atom stereocenters. The van der Waals surface area contributed by atoms with Crippen molar-refractivity contribution in [2.24, 2.45) is 4.99 Å². The van der Waals surface area contributed by atoms with Gasteiger partial charge in [0.15, 0.2) is 5.03 Å². The quantitative estimate of drug-likeness (QED) is 0.402. The van der Waals surface area contributed by atoms with Crippen LogP contribution in [0, 0.1) is 0 Å². The Hall–Kier alpha value is -3.64. The molecule has 2 N–H and O–H groups in total. The van der Waals surface area contributed by atoms with Gasteiger partial charge in [0.2, 0.25) is 5.82 Å². The number of hydrogen-bond acceptors (Lipinski definition) is 7. The summed E-state index contributed by atoms with van der Waals surface area (Å²) in [7, 11) is -2.33. The highest BCUT2D eigenvalue weighted by Gasteiger charge is 2.27. The van der Waals surface area contributed by atoms with Gasteiger partial charge in [-0.1, -0.05) is 30.0 Å². The number of sulfonamides is 1. The van der Waals surface area contributed by atoms with E-state index in [0.29, 0.717) is 24.3 Å². The lowest BCUT2D eigenvalue weighted by Crippen LogP contribution is -2.27. The predicted octanol–water partition coefficient (Wildman–Crippen LogP) is 2.84. The lowest BCUT2D eigenvalue weighted by molar-refractivity contribution is 0.0678. The Bertz CT molecular complexity index is 1510. The number of carboxylic acids is 1. The van der Waals surface area contributed by atoms with Gasteiger partial charge in [-0.2, -0.15) is 8.42 Å². The number of rotatable bonds is 7. The number of aliphatic imine (C=N–C) groups is 1. The highest BCUT2D eigenvalue weighted by Crippen LogP contribution is 2.33. The van der Waals surface area contributed by atoms with E-state index < -0.39 is 16.0 Å². The maximum absolute atomic E-state index is 13.1. The third kappa shape index (κ3) is 3.94. The minimum absolute atomic E-state index is 0.00135. The molecule has 0 amide bonds. The van der Waals surface area contributed by atoms with E-state index in [2.05, 4.69) is 19.9 Å². The topological polar surface area (TPSA) is 134 Å². The molecule has 174 valence electrons. The number of benzene rings is 1. The molecule has 12 heteroatoms. The van der Waals surface area contributed by atoms with Gasteiger partial charge in [0.05, 0.1) is 23.4 Å². The number of carbonyl (C=O) groups is 1. The van der Waals surface area contributed by atoms with Gasteiger partial charge in [-0.15, -0.1) is 0 Å². The zero-order chi connectivity index (χ0) is 23.9. The molecule has 0 radical (unpaired) electrons. The predicted molar refractivity (Wildman–Crippen MR) is 130 cm³/mol. The molecule has 3 aromatic heterocycles. The highest BCUT2D eigenvalue weighted by molar-refractivity contribution is 8.15. The Morgan fingerprint density at radius 2 is 2.09 bits per heavy atom. The van der Waals surface area contributed by atoms with Crippen molar-refractivity contribution in [2.75, 3.05) is 17.9 Å². The maximum Gasteiger partial charge on any atom is 0.372 e. The second-order valence-electron chi connectivity index (χ2n) is 7.66. The summed E-state index contributed by atoms with van der Waals surface area (Å²) in [5.74, 6) is -1.07. The monoisotopic (exact) mass is 496 g/mol. The van der Waals surface area contributed by atoms with Crippen molar-refractivity contribution in [3.8, 4) is 0 Å². The van der Waals surface area contributed by atoms with Gasteiger partial charge in [0.25, 0.3) is 10.0 Å². The highest BCUT2D eigenvalue weighted by atomic mass is 32.2. The molecule has 0 bridgehead atoms. The number of pyridine rings is 1. The van der Waals surface area contributed by atoms with Gasteiger partial charge in [-0.3, -0.25) is 9.30 Å². The minimum Gasteiger partial charge on any atom is -0.475 e. The van der Waals surface area contributed by atoms with Gasteiger partial charge in [-0.25, -0.2) is 14.8 Å². The number of fused-ring (bicyclic) bond motifs is 1. The number of para-hydroxylation sites is 1. The van der Waals surface area contributed by atoms with E-state index in [1.807, 2.05) is 12.1 Å². The van der Waals surface area contributed by atoms with E-state index in [1.54, 1.807) is 46.8 Å².